The number of pyridine rings is 1. The molecule has 1 saturated heterocycles. The fraction of sp³-hybridized carbons (Fsp3) is 0.311. The van der Waals surface area contributed by atoms with Crippen molar-refractivity contribution in [1.82, 2.24) is 18.7 Å². The van der Waals surface area contributed by atoms with Crippen molar-refractivity contribution in [2.24, 2.45) is 5.41 Å². The van der Waals surface area contributed by atoms with Crippen molar-refractivity contribution in [3.63, 3.8) is 0 Å². The van der Waals surface area contributed by atoms with E-state index in [1.165, 1.54) is 56.0 Å². The molecular formula is C61H65N4OPt-. The largest absolute Gasteiger partial charge is 0.509 e. The van der Waals surface area contributed by atoms with Crippen LogP contribution < -0.4 is 13.9 Å². The van der Waals surface area contributed by atoms with Crippen LogP contribution in [0.3, 0.4) is 0 Å². The molecule has 0 N–H and O–H groups in total. The fourth-order valence-corrected chi connectivity index (χ4v) is 10.4. The molecule has 2 atom stereocenters. The van der Waals surface area contributed by atoms with Gasteiger partial charge in [-0.15, -0.1) is 29.1 Å². The summed E-state index contributed by atoms with van der Waals surface area (Å²) in [6.45, 7) is 34.7. The van der Waals surface area contributed by atoms with E-state index in [-0.39, 0.29) is 37.3 Å². The Morgan fingerprint density at radius 3 is 1.94 bits per heavy atom. The standard InChI is InChI=1S/C61H65N4O.Pt/c1-38(2)49-22-18-23-50(39(3)4)58(49)42-31-46(65-37-64(65,55-29-40(5)41(6)30-56(55)65)45-20-17-19-44(33-45)61(13,14)60(10,11)12)35-48(32-42)66-47-25-26-52-51-21-15-16-24-53(51)63(54(52)36-47)57-34-43(27-28-62-57)59(7,8)9;/h15-34,37-39H,1-14H3;/q-1;/t64-,65?;/m0./s1. The number of benzene rings is 6. The molecule has 0 amide bonds. The van der Waals surface area contributed by atoms with Crippen LogP contribution in [-0.4, -0.2) is 9.55 Å². The summed E-state index contributed by atoms with van der Waals surface area (Å²) in [6.07, 6.45) is 1.92. The minimum absolute atomic E-state index is 0. The minimum Gasteiger partial charge on any atom is -0.509 e. The summed E-state index contributed by atoms with van der Waals surface area (Å²) < 4.78 is 10.5. The molecule has 10 rings (SSSR count). The van der Waals surface area contributed by atoms with Gasteiger partial charge in [0.1, 0.15) is 5.82 Å². The molecule has 6 heteroatoms. The first-order valence-corrected chi connectivity index (χ1v) is 23.9. The Morgan fingerprint density at radius 1 is 0.627 bits per heavy atom. The van der Waals surface area contributed by atoms with Crippen LogP contribution in [0, 0.1) is 38.1 Å². The van der Waals surface area contributed by atoms with E-state index >= 15 is 0 Å². The molecule has 6 aromatic carbocycles. The van der Waals surface area contributed by atoms with Crippen LogP contribution in [0.15, 0.2) is 121 Å². The van der Waals surface area contributed by atoms with Crippen LogP contribution in [0.5, 0.6) is 11.5 Å². The number of hydrogen-bond acceptors (Lipinski definition) is 2. The quantitative estimate of drug-likeness (QED) is 0.0818. The van der Waals surface area contributed by atoms with Gasteiger partial charge in [-0.25, -0.2) is 9.58 Å². The second-order valence-corrected chi connectivity index (χ2v) is 22.3. The van der Waals surface area contributed by atoms with Crippen LogP contribution in [-0.2, 0) is 31.9 Å². The number of aromatic nitrogens is 2. The van der Waals surface area contributed by atoms with Crippen molar-refractivity contribution >= 4 is 44.6 Å². The van der Waals surface area contributed by atoms with Crippen LogP contribution in [0.4, 0.5) is 22.7 Å². The van der Waals surface area contributed by atoms with Crippen molar-refractivity contribution in [2.75, 3.05) is 0 Å². The van der Waals surface area contributed by atoms with E-state index in [1.54, 1.807) is 0 Å². The summed E-state index contributed by atoms with van der Waals surface area (Å²) in [4.78, 5) is 4.94. The van der Waals surface area contributed by atoms with E-state index in [2.05, 4.69) is 236 Å². The molecule has 0 saturated carbocycles. The van der Waals surface area contributed by atoms with E-state index < -0.39 is 0 Å². The summed E-state index contributed by atoms with van der Waals surface area (Å²) in [5, 5.41) is 2.25. The van der Waals surface area contributed by atoms with Gasteiger partial charge >= 0.3 is 0 Å². The summed E-state index contributed by atoms with van der Waals surface area (Å²) in [5.74, 6) is 2.79. The number of nitrogens with zero attached hydrogens (tertiary/aromatic N) is 4. The molecule has 67 heavy (non-hydrogen) atoms. The molecule has 0 bridgehead atoms. The van der Waals surface area contributed by atoms with Gasteiger partial charge in [0.2, 0.25) is 11.4 Å². The normalized spacial score (nSPS) is 17.9. The Hall–Kier alpha value is -5.32. The molecule has 5 nitrogen and oxygen atoms in total. The molecule has 1 unspecified atom stereocenters. The molecule has 346 valence electrons. The second-order valence-electron chi connectivity index (χ2n) is 22.3. The predicted molar refractivity (Wildman–Crippen MR) is 277 cm³/mol. The molecule has 8 aromatic rings. The maximum Gasteiger partial charge on any atom is 0.225 e. The summed E-state index contributed by atoms with van der Waals surface area (Å²) in [6, 6.07) is 50.4. The van der Waals surface area contributed by atoms with Gasteiger partial charge < -0.3 is 9.30 Å². The van der Waals surface area contributed by atoms with Crippen LogP contribution in [0.25, 0.3) is 38.8 Å². The van der Waals surface area contributed by atoms with Gasteiger partial charge in [-0.2, -0.15) is 10.7 Å². The summed E-state index contributed by atoms with van der Waals surface area (Å²) in [7, 11) is 0. The van der Waals surface area contributed by atoms with Crippen LogP contribution >= 0.6 is 0 Å². The summed E-state index contributed by atoms with van der Waals surface area (Å²) in [5.41, 5.74) is 17.1. The van der Waals surface area contributed by atoms with Crippen molar-refractivity contribution in [3.8, 4) is 28.4 Å². The van der Waals surface area contributed by atoms with E-state index in [1.807, 2.05) is 6.20 Å². The molecular weight excluding hydrogens is 1000 g/mol. The van der Waals surface area contributed by atoms with Crippen molar-refractivity contribution in [3.05, 3.63) is 174 Å². The smallest absolute Gasteiger partial charge is 0.225 e. The summed E-state index contributed by atoms with van der Waals surface area (Å²) >= 11 is 0. The van der Waals surface area contributed by atoms with E-state index in [0.717, 1.165) is 38.9 Å². The number of ether oxygens (including phenoxy) is 1. The first-order valence-electron chi connectivity index (χ1n) is 23.9. The van der Waals surface area contributed by atoms with Gasteiger partial charge in [0.25, 0.3) is 0 Å². The molecule has 0 aliphatic carbocycles. The average molecular weight is 1070 g/mol. The van der Waals surface area contributed by atoms with Crippen molar-refractivity contribution < 1.29 is 25.8 Å². The molecule has 2 aliphatic rings. The van der Waals surface area contributed by atoms with Crippen molar-refractivity contribution in [2.45, 2.75) is 120 Å². The average Bonchev–Trinajstić information content (AvgIpc) is 3.78. The first kappa shape index (κ1) is 46.8. The molecule has 2 aliphatic heterocycles. The SMILES string of the molecule is Cc1cc2c(cc1C)[N@@+]1(c3cccc(C(C)(C)C(C)(C)C)c3)[CH-][N+]21c1[c-]c(Oc2[c-]c3c(cc2)c2ccccc2n3-c2cc(C(C)(C)C)ccn2)cc(-c2c(C(C)C)cccc2C(C)C)c1.[Pt]. The van der Waals surface area contributed by atoms with E-state index in [4.69, 9.17) is 9.72 Å². The third-order valence-corrected chi connectivity index (χ3v) is 15.4. The van der Waals surface area contributed by atoms with Crippen molar-refractivity contribution in [1.29, 1.82) is 0 Å². The predicted octanol–water partition coefficient (Wildman–Crippen LogP) is 17.1. The number of para-hydroxylation sites is 1. The zero-order valence-electron chi connectivity index (χ0n) is 41.8. The van der Waals surface area contributed by atoms with E-state index in [9.17, 15) is 0 Å². The number of quaternary nitrogens is 2. The second kappa shape index (κ2) is 16.1. The van der Waals surface area contributed by atoms with E-state index in [0.29, 0.717) is 32.5 Å². The Morgan fingerprint density at radius 2 is 1.28 bits per heavy atom. The van der Waals surface area contributed by atoms with Gasteiger partial charge in [-0.1, -0.05) is 149 Å². The number of fused-ring (bicyclic) bond motifs is 7. The monoisotopic (exact) mass is 1060 g/mol. The van der Waals surface area contributed by atoms with Gasteiger partial charge in [0.15, 0.2) is 12.4 Å². The third-order valence-electron chi connectivity index (χ3n) is 15.4. The van der Waals surface area contributed by atoms with Crippen LogP contribution in [0.1, 0.15) is 128 Å². The maximum atomic E-state index is 7.13. The van der Waals surface area contributed by atoms with Gasteiger partial charge in [0.05, 0.1) is 5.69 Å². The minimum atomic E-state index is -0.0560. The molecule has 1 fully saturated rings. The fourth-order valence-electron chi connectivity index (χ4n) is 10.4. The molecule has 0 spiro atoms. The number of hydrogen-bond donors (Lipinski definition) is 0. The third kappa shape index (κ3) is 7.17. The zero-order chi connectivity index (χ0) is 46.9. The van der Waals surface area contributed by atoms with Gasteiger partial charge in [-0.3, -0.25) is 0 Å². The Labute approximate surface area is 413 Å². The maximum absolute atomic E-state index is 7.13. The molecule has 0 radical (unpaired) electrons. The molecule has 4 heterocycles. The van der Waals surface area contributed by atoms with Gasteiger partial charge in [0, 0.05) is 68.5 Å². The number of rotatable bonds is 9. The Kier molecular flexibility index (Phi) is 11.3. The van der Waals surface area contributed by atoms with Gasteiger partial charge in [-0.05, 0) is 104 Å². The first-order chi connectivity index (χ1) is 31.2. The topological polar surface area (TPSA) is 27.1 Å². The Balaban J connectivity index is 0.00000562. The zero-order valence-corrected chi connectivity index (χ0v) is 44.1. The Bertz CT molecular complexity index is 3220. The molecule has 2 aromatic heterocycles. The van der Waals surface area contributed by atoms with Crippen LogP contribution in [0.2, 0.25) is 0 Å². The number of aryl methyl sites for hydroxylation is 2.